The summed E-state index contributed by atoms with van der Waals surface area (Å²) in [6.07, 6.45) is 6.46. The molecule has 1 saturated heterocycles. The first-order valence-corrected chi connectivity index (χ1v) is 12.6. The predicted molar refractivity (Wildman–Crippen MR) is 128 cm³/mol. The van der Waals surface area contributed by atoms with E-state index in [9.17, 15) is 18.0 Å². The fraction of sp³-hybridized carbons (Fsp3) is 0.292. The molecule has 34 heavy (non-hydrogen) atoms. The Hall–Kier alpha value is -3.50. The average Bonchev–Trinajstić information content (AvgIpc) is 3.37. The van der Waals surface area contributed by atoms with E-state index in [4.69, 9.17) is 0 Å². The van der Waals surface area contributed by atoms with Gasteiger partial charge in [0.05, 0.1) is 11.2 Å². The predicted octanol–water partition coefficient (Wildman–Crippen LogP) is 2.50. The van der Waals surface area contributed by atoms with Gasteiger partial charge in [-0.2, -0.15) is 0 Å². The number of nitrogens with zero attached hydrogens (tertiary/aromatic N) is 3. The summed E-state index contributed by atoms with van der Waals surface area (Å²) in [4.78, 5) is 31.1. The van der Waals surface area contributed by atoms with Gasteiger partial charge in [-0.15, -0.1) is 0 Å². The molecule has 1 fully saturated rings. The maximum absolute atomic E-state index is 13.0. The van der Waals surface area contributed by atoms with Crippen molar-refractivity contribution >= 4 is 27.5 Å². The Morgan fingerprint density at radius 2 is 1.79 bits per heavy atom. The molecule has 2 N–H and O–H groups in total. The monoisotopic (exact) mass is 481 g/mol. The molecule has 10 heteroatoms. The highest BCUT2D eigenvalue weighted by atomic mass is 32.2. The second kappa shape index (κ2) is 10.6. The fourth-order valence-corrected chi connectivity index (χ4v) is 5.20. The standard InChI is InChI=1S/C24H27N5O4S/c30-23(11-13-28-16-12-25-18-28)26-21-6-4-5-19(17-21)24(31)29-14-9-20(10-15-29)27-34(32,33)22-7-2-1-3-8-22/h1-8,12,16-18,20,27H,9-11,13-15H2,(H,26,30). The Morgan fingerprint density at radius 3 is 2.50 bits per heavy atom. The molecule has 0 spiro atoms. The number of rotatable bonds is 8. The summed E-state index contributed by atoms with van der Waals surface area (Å²) in [7, 11) is -3.58. The number of hydrogen-bond donors (Lipinski definition) is 2. The van der Waals surface area contributed by atoms with Crippen LogP contribution in [0.1, 0.15) is 29.6 Å². The molecule has 0 radical (unpaired) electrons. The number of carbonyl (C=O) groups is 2. The van der Waals surface area contributed by atoms with Crippen LogP contribution in [0.25, 0.3) is 0 Å². The molecule has 9 nitrogen and oxygen atoms in total. The van der Waals surface area contributed by atoms with Crippen molar-refractivity contribution in [3.63, 3.8) is 0 Å². The lowest BCUT2D eigenvalue weighted by atomic mass is 10.0. The zero-order chi connectivity index (χ0) is 24.0. The molecule has 0 bridgehead atoms. The van der Waals surface area contributed by atoms with Crippen LogP contribution in [0.2, 0.25) is 0 Å². The highest BCUT2D eigenvalue weighted by Gasteiger charge is 2.27. The number of nitrogens with one attached hydrogen (secondary N) is 2. The van der Waals surface area contributed by atoms with Gasteiger partial charge < -0.3 is 14.8 Å². The molecule has 0 unspecified atom stereocenters. The van der Waals surface area contributed by atoms with Gasteiger partial charge in [-0.25, -0.2) is 18.1 Å². The van der Waals surface area contributed by atoms with E-state index < -0.39 is 10.0 Å². The molecule has 0 saturated carbocycles. The highest BCUT2D eigenvalue weighted by Crippen LogP contribution is 2.19. The smallest absolute Gasteiger partial charge is 0.253 e. The number of piperidine rings is 1. The number of benzene rings is 2. The number of amides is 2. The van der Waals surface area contributed by atoms with Crippen LogP contribution in [-0.4, -0.2) is 53.8 Å². The Balaban J connectivity index is 1.29. The van der Waals surface area contributed by atoms with Crippen LogP contribution < -0.4 is 10.0 Å². The third-order valence-electron chi connectivity index (χ3n) is 5.71. The van der Waals surface area contributed by atoms with Crippen molar-refractivity contribution in [2.24, 2.45) is 0 Å². The van der Waals surface area contributed by atoms with Gasteiger partial charge >= 0.3 is 0 Å². The normalized spacial score (nSPS) is 14.6. The van der Waals surface area contributed by atoms with Crippen LogP contribution >= 0.6 is 0 Å². The first kappa shape index (κ1) is 23.7. The minimum absolute atomic E-state index is 0.140. The molecule has 2 heterocycles. The summed E-state index contributed by atoms with van der Waals surface area (Å²) in [5.41, 5.74) is 1.04. The topological polar surface area (TPSA) is 113 Å². The molecular weight excluding hydrogens is 454 g/mol. The highest BCUT2D eigenvalue weighted by molar-refractivity contribution is 7.89. The van der Waals surface area contributed by atoms with Gasteiger partial charge in [0.2, 0.25) is 15.9 Å². The van der Waals surface area contributed by atoms with E-state index in [1.165, 1.54) is 0 Å². The van der Waals surface area contributed by atoms with Gasteiger partial charge in [0.25, 0.3) is 5.91 Å². The summed E-state index contributed by atoms with van der Waals surface area (Å²) < 4.78 is 29.7. The van der Waals surface area contributed by atoms with Gasteiger partial charge in [-0.05, 0) is 43.2 Å². The van der Waals surface area contributed by atoms with Gasteiger partial charge in [0.15, 0.2) is 0 Å². The fourth-order valence-electron chi connectivity index (χ4n) is 3.87. The van der Waals surface area contributed by atoms with E-state index in [2.05, 4.69) is 15.0 Å². The Kier molecular flexibility index (Phi) is 7.39. The van der Waals surface area contributed by atoms with Crippen molar-refractivity contribution in [3.8, 4) is 0 Å². The Bertz CT molecular complexity index is 1220. The number of aryl methyl sites for hydroxylation is 1. The molecule has 1 aliphatic rings. The first-order valence-electron chi connectivity index (χ1n) is 11.1. The maximum atomic E-state index is 13.0. The Morgan fingerprint density at radius 1 is 1.03 bits per heavy atom. The van der Waals surface area contributed by atoms with E-state index in [0.717, 1.165) is 0 Å². The van der Waals surface area contributed by atoms with Crippen LogP contribution in [-0.2, 0) is 21.4 Å². The van der Waals surface area contributed by atoms with Crippen LogP contribution in [0, 0.1) is 0 Å². The molecular formula is C24H27N5O4S. The van der Waals surface area contributed by atoms with Crippen molar-refractivity contribution in [2.75, 3.05) is 18.4 Å². The van der Waals surface area contributed by atoms with Gasteiger partial charge in [-0.3, -0.25) is 9.59 Å². The molecule has 2 aromatic carbocycles. The summed E-state index contributed by atoms with van der Waals surface area (Å²) in [5, 5.41) is 2.83. The van der Waals surface area contributed by atoms with Crippen molar-refractivity contribution in [2.45, 2.75) is 36.7 Å². The molecule has 4 rings (SSSR count). The molecule has 3 aromatic rings. The second-order valence-electron chi connectivity index (χ2n) is 8.18. The summed E-state index contributed by atoms with van der Waals surface area (Å²) >= 11 is 0. The van der Waals surface area contributed by atoms with Crippen molar-refractivity contribution in [1.29, 1.82) is 0 Å². The van der Waals surface area contributed by atoms with Crippen molar-refractivity contribution < 1.29 is 18.0 Å². The van der Waals surface area contributed by atoms with E-state index in [1.807, 2.05) is 4.57 Å². The number of hydrogen-bond acceptors (Lipinski definition) is 5. The molecule has 1 aromatic heterocycles. The van der Waals surface area contributed by atoms with Crippen LogP contribution in [0.3, 0.4) is 0 Å². The molecule has 1 aliphatic heterocycles. The van der Waals surface area contributed by atoms with E-state index in [0.29, 0.717) is 50.1 Å². The van der Waals surface area contributed by atoms with Crippen molar-refractivity contribution in [1.82, 2.24) is 19.2 Å². The van der Waals surface area contributed by atoms with E-state index >= 15 is 0 Å². The van der Waals surface area contributed by atoms with Gasteiger partial charge in [-0.1, -0.05) is 24.3 Å². The average molecular weight is 482 g/mol. The summed E-state index contributed by atoms with van der Waals surface area (Å²) in [6, 6.07) is 14.9. The van der Waals surface area contributed by atoms with Crippen molar-refractivity contribution in [3.05, 3.63) is 78.9 Å². The molecule has 0 atom stereocenters. The number of imidazole rings is 1. The van der Waals surface area contributed by atoms with Gasteiger partial charge in [0, 0.05) is 55.7 Å². The third-order valence-corrected chi connectivity index (χ3v) is 7.24. The van der Waals surface area contributed by atoms with E-state index in [1.54, 1.807) is 78.2 Å². The van der Waals surface area contributed by atoms with Crippen LogP contribution in [0.4, 0.5) is 5.69 Å². The minimum Gasteiger partial charge on any atom is -0.339 e. The lowest BCUT2D eigenvalue weighted by Crippen LogP contribution is -2.46. The second-order valence-corrected chi connectivity index (χ2v) is 9.89. The maximum Gasteiger partial charge on any atom is 0.253 e. The van der Waals surface area contributed by atoms with E-state index in [-0.39, 0.29) is 22.8 Å². The number of sulfonamides is 1. The zero-order valence-corrected chi connectivity index (χ0v) is 19.4. The zero-order valence-electron chi connectivity index (χ0n) is 18.6. The minimum atomic E-state index is -3.58. The summed E-state index contributed by atoms with van der Waals surface area (Å²) in [5.74, 6) is -0.288. The molecule has 178 valence electrons. The SMILES string of the molecule is O=C(CCn1ccnc1)Nc1cccc(C(=O)N2CCC(NS(=O)(=O)c3ccccc3)CC2)c1. The quantitative estimate of drug-likeness (QED) is 0.513. The number of aromatic nitrogens is 2. The summed E-state index contributed by atoms with van der Waals surface area (Å²) in [6.45, 7) is 1.41. The largest absolute Gasteiger partial charge is 0.339 e. The number of anilines is 1. The third kappa shape index (κ3) is 6.09. The lowest BCUT2D eigenvalue weighted by Gasteiger charge is -2.32. The Labute approximate surface area is 198 Å². The number of likely N-dealkylation sites (tertiary alicyclic amines) is 1. The van der Waals surface area contributed by atoms with Gasteiger partial charge in [0.1, 0.15) is 0 Å². The van der Waals surface area contributed by atoms with Crippen LogP contribution in [0.5, 0.6) is 0 Å². The van der Waals surface area contributed by atoms with Crippen LogP contribution in [0.15, 0.2) is 78.2 Å². The lowest BCUT2D eigenvalue weighted by molar-refractivity contribution is -0.116. The molecule has 2 amide bonds. The molecule has 0 aliphatic carbocycles. The first-order chi connectivity index (χ1) is 16.4. The number of carbonyl (C=O) groups excluding carboxylic acids is 2.